The van der Waals surface area contributed by atoms with E-state index in [1.165, 1.54) is 0 Å². The zero-order chi connectivity index (χ0) is 20.7. The molecule has 1 fully saturated rings. The fraction of sp³-hybridized carbons (Fsp3) is 0.273. The molecule has 1 amide bonds. The van der Waals surface area contributed by atoms with Gasteiger partial charge in [-0.1, -0.05) is 18.2 Å². The Balaban J connectivity index is 1.29. The molecule has 3 heterocycles. The van der Waals surface area contributed by atoms with Crippen LogP contribution in [0.15, 0.2) is 58.1 Å². The molecular formula is C22H20BrN5O2. The Hall–Kier alpha value is -3.00. The van der Waals surface area contributed by atoms with Gasteiger partial charge in [-0.15, -0.1) is 0 Å². The lowest BCUT2D eigenvalue weighted by atomic mass is 9.82. The predicted octanol–water partition coefficient (Wildman–Crippen LogP) is 3.79. The molecule has 2 N–H and O–H groups in total. The van der Waals surface area contributed by atoms with Gasteiger partial charge >= 0.3 is 0 Å². The summed E-state index contributed by atoms with van der Waals surface area (Å²) in [5.41, 5.74) is 2.16. The third-order valence-corrected chi connectivity index (χ3v) is 6.37. The largest absolute Gasteiger partial charge is 0.349 e. The van der Waals surface area contributed by atoms with Gasteiger partial charge in [-0.3, -0.25) is 9.59 Å². The molecule has 0 atom stereocenters. The van der Waals surface area contributed by atoms with Crippen LogP contribution in [0.2, 0.25) is 0 Å². The van der Waals surface area contributed by atoms with E-state index in [2.05, 4.69) is 36.5 Å². The van der Waals surface area contributed by atoms with Gasteiger partial charge in [-0.2, -0.15) is 10.2 Å². The van der Waals surface area contributed by atoms with E-state index < -0.39 is 0 Å². The maximum absolute atomic E-state index is 12.8. The summed E-state index contributed by atoms with van der Waals surface area (Å²) >= 11 is 3.42. The number of fused-ring (bicyclic) bond motifs is 2. The summed E-state index contributed by atoms with van der Waals surface area (Å²) in [6.07, 6.45) is 7.01. The van der Waals surface area contributed by atoms with Crippen LogP contribution >= 0.6 is 15.9 Å². The third kappa shape index (κ3) is 3.41. The van der Waals surface area contributed by atoms with Gasteiger partial charge in [0.1, 0.15) is 0 Å². The number of pyridine rings is 1. The van der Waals surface area contributed by atoms with Crippen LogP contribution in [-0.2, 0) is 0 Å². The standard InChI is InChI=1S/C22H20BrN5O2/c23-14-7-10-19-18(11-24-28(19)12-14)21(29)25-15-8-5-13(6-9-15)20-16-3-1-2-4-17(16)22(30)27-26-20/h1-4,7,10-13,15H,5-6,8-9H2,(H,25,29)(H,27,30). The number of nitrogens with zero attached hydrogens (tertiary/aromatic N) is 3. The Morgan fingerprint density at radius 3 is 2.67 bits per heavy atom. The Morgan fingerprint density at radius 2 is 1.87 bits per heavy atom. The Labute approximate surface area is 180 Å². The van der Waals surface area contributed by atoms with Gasteiger partial charge in [0.2, 0.25) is 0 Å². The van der Waals surface area contributed by atoms with Gasteiger partial charge in [-0.05, 0) is 59.8 Å². The normalized spacial score (nSPS) is 19.2. The molecule has 7 nitrogen and oxygen atoms in total. The van der Waals surface area contributed by atoms with Crippen molar-refractivity contribution in [3.8, 4) is 0 Å². The first kappa shape index (κ1) is 19.0. The number of benzene rings is 1. The van der Waals surface area contributed by atoms with Crippen LogP contribution in [0.5, 0.6) is 0 Å². The van der Waals surface area contributed by atoms with E-state index >= 15 is 0 Å². The van der Waals surface area contributed by atoms with Crippen LogP contribution in [0, 0.1) is 0 Å². The summed E-state index contributed by atoms with van der Waals surface area (Å²) in [4.78, 5) is 24.8. The molecule has 0 saturated heterocycles. The number of nitrogens with one attached hydrogen (secondary N) is 2. The zero-order valence-corrected chi connectivity index (χ0v) is 17.7. The SMILES string of the molecule is O=C(NC1CCC(c2n[nH]c(=O)c3ccccc23)CC1)c1cnn2cc(Br)ccc12. The number of H-pyrrole nitrogens is 1. The van der Waals surface area contributed by atoms with Crippen LogP contribution in [0.4, 0.5) is 0 Å². The van der Waals surface area contributed by atoms with Gasteiger partial charge in [0.05, 0.1) is 28.4 Å². The molecule has 5 rings (SSSR count). The maximum Gasteiger partial charge on any atom is 0.272 e. The van der Waals surface area contributed by atoms with Crippen molar-refractivity contribution >= 4 is 38.1 Å². The van der Waals surface area contributed by atoms with Gasteiger partial charge in [0.15, 0.2) is 0 Å². The third-order valence-electron chi connectivity index (χ3n) is 5.90. The van der Waals surface area contributed by atoms with Crippen molar-refractivity contribution in [2.45, 2.75) is 37.6 Å². The number of carbonyl (C=O) groups is 1. The predicted molar refractivity (Wildman–Crippen MR) is 118 cm³/mol. The van der Waals surface area contributed by atoms with Crippen molar-refractivity contribution in [2.75, 3.05) is 0 Å². The highest BCUT2D eigenvalue weighted by Gasteiger charge is 2.27. The first-order chi connectivity index (χ1) is 14.6. The lowest BCUT2D eigenvalue weighted by Gasteiger charge is -2.29. The molecule has 0 radical (unpaired) electrons. The minimum atomic E-state index is -0.157. The lowest BCUT2D eigenvalue weighted by molar-refractivity contribution is 0.0927. The van der Waals surface area contributed by atoms with Crippen molar-refractivity contribution in [2.24, 2.45) is 0 Å². The van der Waals surface area contributed by atoms with E-state index in [4.69, 9.17) is 0 Å². The molecule has 0 bridgehead atoms. The fourth-order valence-electron chi connectivity index (χ4n) is 4.36. The Bertz CT molecular complexity index is 1300. The summed E-state index contributed by atoms with van der Waals surface area (Å²) in [5.74, 6) is 0.178. The van der Waals surface area contributed by atoms with Crippen LogP contribution in [0.1, 0.15) is 47.7 Å². The minimum absolute atomic E-state index is 0.0941. The average molecular weight is 466 g/mol. The maximum atomic E-state index is 12.8. The molecule has 30 heavy (non-hydrogen) atoms. The second-order valence-electron chi connectivity index (χ2n) is 7.74. The molecule has 1 saturated carbocycles. The number of rotatable bonds is 3. The highest BCUT2D eigenvalue weighted by Crippen LogP contribution is 2.34. The highest BCUT2D eigenvalue weighted by atomic mass is 79.9. The molecule has 0 unspecified atom stereocenters. The monoisotopic (exact) mass is 465 g/mol. The second kappa shape index (κ2) is 7.68. The van der Waals surface area contributed by atoms with Crippen molar-refractivity contribution in [1.82, 2.24) is 25.1 Å². The van der Waals surface area contributed by atoms with Crippen LogP contribution < -0.4 is 10.9 Å². The summed E-state index contributed by atoms with van der Waals surface area (Å²) in [6, 6.07) is 11.5. The summed E-state index contributed by atoms with van der Waals surface area (Å²) < 4.78 is 2.61. The van der Waals surface area contributed by atoms with E-state index in [0.717, 1.165) is 46.8 Å². The second-order valence-corrected chi connectivity index (χ2v) is 8.66. The van der Waals surface area contributed by atoms with Gasteiger partial charge in [0, 0.05) is 28.0 Å². The molecular weight excluding hydrogens is 446 g/mol. The zero-order valence-electron chi connectivity index (χ0n) is 16.1. The smallest absolute Gasteiger partial charge is 0.272 e. The van der Waals surface area contributed by atoms with Crippen molar-refractivity contribution in [1.29, 1.82) is 0 Å². The quantitative estimate of drug-likeness (QED) is 0.481. The van der Waals surface area contributed by atoms with Crippen molar-refractivity contribution in [3.63, 3.8) is 0 Å². The number of halogens is 1. The molecule has 8 heteroatoms. The molecule has 0 spiro atoms. The number of amides is 1. The minimum Gasteiger partial charge on any atom is -0.349 e. The van der Waals surface area contributed by atoms with Crippen molar-refractivity contribution in [3.05, 3.63) is 74.9 Å². The van der Waals surface area contributed by atoms with Crippen LogP contribution in [-0.4, -0.2) is 31.8 Å². The van der Waals surface area contributed by atoms with Crippen molar-refractivity contribution < 1.29 is 4.79 Å². The Kier molecular flexibility index (Phi) is 4.86. The first-order valence-corrected chi connectivity index (χ1v) is 10.8. The number of hydrogen-bond donors (Lipinski definition) is 2. The summed E-state index contributed by atoms with van der Waals surface area (Å²) in [6.45, 7) is 0. The fourth-order valence-corrected chi connectivity index (χ4v) is 4.68. The summed E-state index contributed by atoms with van der Waals surface area (Å²) in [5, 5.41) is 16.0. The van der Waals surface area contributed by atoms with E-state index in [1.54, 1.807) is 10.7 Å². The van der Waals surface area contributed by atoms with E-state index in [0.29, 0.717) is 10.9 Å². The molecule has 152 valence electrons. The molecule has 1 aromatic carbocycles. The van der Waals surface area contributed by atoms with Crippen LogP contribution in [0.3, 0.4) is 0 Å². The van der Waals surface area contributed by atoms with Gasteiger partial charge in [-0.25, -0.2) is 9.61 Å². The molecule has 1 aliphatic carbocycles. The average Bonchev–Trinajstić information content (AvgIpc) is 3.18. The molecule has 3 aromatic heterocycles. The van der Waals surface area contributed by atoms with Gasteiger partial charge < -0.3 is 5.32 Å². The number of hydrogen-bond acceptors (Lipinski definition) is 4. The lowest BCUT2D eigenvalue weighted by Crippen LogP contribution is -2.37. The van der Waals surface area contributed by atoms with Crippen LogP contribution in [0.25, 0.3) is 16.3 Å². The Morgan fingerprint density at radius 1 is 1.10 bits per heavy atom. The van der Waals surface area contributed by atoms with E-state index in [1.807, 2.05) is 42.6 Å². The molecule has 0 aliphatic heterocycles. The first-order valence-electron chi connectivity index (χ1n) is 10.0. The van der Waals surface area contributed by atoms with Gasteiger partial charge in [0.25, 0.3) is 11.5 Å². The van der Waals surface area contributed by atoms with E-state index in [9.17, 15) is 9.59 Å². The number of carbonyl (C=O) groups excluding carboxylic acids is 1. The number of aromatic amines is 1. The molecule has 1 aliphatic rings. The number of aromatic nitrogens is 4. The topological polar surface area (TPSA) is 92.1 Å². The summed E-state index contributed by atoms with van der Waals surface area (Å²) in [7, 11) is 0. The van der Waals surface area contributed by atoms with E-state index in [-0.39, 0.29) is 23.4 Å². The highest BCUT2D eigenvalue weighted by molar-refractivity contribution is 9.10. The molecule has 4 aromatic rings.